The molecule has 0 spiro atoms. The van der Waals surface area contributed by atoms with Crippen LogP contribution in [0.1, 0.15) is 11.5 Å². The monoisotopic (exact) mass is 228 g/mol. The van der Waals surface area contributed by atoms with E-state index in [0.29, 0.717) is 11.7 Å². The second-order valence-corrected chi connectivity index (χ2v) is 3.87. The summed E-state index contributed by atoms with van der Waals surface area (Å²) in [5, 5.41) is 7.12. The number of benzene rings is 1. The quantitative estimate of drug-likeness (QED) is 0.843. The highest BCUT2D eigenvalue weighted by atomic mass is 16.5. The van der Waals surface area contributed by atoms with Gasteiger partial charge in [0, 0.05) is 24.6 Å². The molecule has 1 N–H and O–H groups in total. The van der Waals surface area contributed by atoms with Crippen molar-refractivity contribution in [1.82, 2.24) is 15.5 Å². The first-order valence-corrected chi connectivity index (χ1v) is 5.52. The number of nitrogens with zero attached hydrogens (tertiary/aromatic N) is 3. The van der Waals surface area contributed by atoms with Gasteiger partial charge in [-0.2, -0.15) is 4.98 Å². The number of hydrogen-bond donors (Lipinski definition) is 1. The van der Waals surface area contributed by atoms with Gasteiger partial charge in [-0.3, -0.25) is 4.99 Å². The maximum Gasteiger partial charge on any atom is 0.223 e. The predicted molar refractivity (Wildman–Crippen MR) is 63.9 cm³/mol. The van der Waals surface area contributed by atoms with Crippen molar-refractivity contribution in [3.63, 3.8) is 0 Å². The van der Waals surface area contributed by atoms with E-state index in [9.17, 15) is 0 Å². The number of aryl methyl sites for hydroxylation is 1. The molecule has 2 aromatic rings. The van der Waals surface area contributed by atoms with E-state index in [2.05, 4.69) is 20.4 Å². The Balaban J connectivity index is 1.89. The van der Waals surface area contributed by atoms with Gasteiger partial charge in [0.05, 0.1) is 6.54 Å². The molecule has 5 heteroatoms. The zero-order chi connectivity index (χ0) is 11.7. The van der Waals surface area contributed by atoms with Crippen molar-refractivity contribution < 1.29 is 4.52 Å². The minimum atomic E-state index is 0.575. The van der Waals surface area contributed by atoms with Gasteiger partial charge in [-0.1, -0.05) is 29.4 Å². The summed E-state index contributed by atoms with van der Waals surface area (Å²) in [6.45, 7) is 3.55. The van der Waals surface area contributed by atoms with Crippen LogP contribution >= 0.6 is 0 Å². The molecule has 1 aromatic heterocycles. The van der Waals surface area contributed by atoms with Crippen LogP contribution in [0, 0.1) is 6.92 Å². The fourth-order valence-electron chi connectivity index (χ4n) is 1.78. The number of aromatic nitrogens is 2. The summed E-state index contributed by atoms with van der Waals surface area (Å²) in [5.74, 6) is 2.15. The zero-order valence-electron chi connectivity index (χ0n) is 9.47. The molecule has 0 unspecified atom stereocenters. The maximum atomic E-state index is 4.95. The molecule has 0 radical (unpaired) electrons. The van der Waals surface area contributed by atoms with Gasteiger partial charge in [-0.25, -0.2) is 0 Å². The summed E-state index contributed by atoms with van der Waals surface area (Å²) in [4.78, 5) is 8.55. The lowest BCUT2D eigenvalue weighted by molar-refractivity contribution is 0.394. The third kappa shape index (κ3) is 1.91. The molecule has 0 fully saturated rings. The van der Waals surface area contributed by atoms with Crippen molar-refractivity contribution in [2.75, 3.05) is 13.1 Å². The van der Waals surface area contributed by atoms with Crippen molar-refractivity contribution in [3.05, 3.63) is 35.7 Å². The molecule has 86 valence electrons. The Morgan fingerprint density at radius 3 is 2.53 bits per heavy atom. The van der Waals surface area contributed by atoms with E-state index in [1.807, 2.05) is 24.3 Å². The van der Waals surface area contributed by atoms with Crippen molar-refractivity contribution in [2.45, 2.75) is 6.92 Å². The zero-order valence-corrected chi connectivity index (χ0v) is 9.47. The second kappa shape index (κ2) is 4.01. The SMILES string of the molecule is Cc1nc(-c2ccc(C3=NCCN3)cc2)no1. The van der Waals surface area contributed by atoms with Crippen LogP contribution in [0.25, 0.3) is 11.4 Å². The molecule has 5 nitrogen and oxygen atoms in total. The fraction of sp³-hybridized carbons (Fsp3) is 0.250. The van der Waals surface area contributed by atoms with Gasteiger partial charge in [0.2, 0.25) is 11.7 Å². The molecule has 0 saturated heterocycles. The van der Waals surface area contributed by atoms with Crippen LogP contribution in [-0.2, 0) is 0 Å². The average molecular weight is 228 g/mol. The van der Waals surface area contributed by atoms with E-state index in [1.165, 1.54) is 0 Å². The van der Waals surface area contributed by atoms with Gasteiger partial charge in [0.15, 0.2) is 0 Å². The third-order valence-electron chi connectivity index (χ3n) is 2.62. The predicted octanol–water partition coefficient (Wildman–Crippen LogP) is 1.39. The van der Waals surface area contributed by atoms with E-state index < -0.39 is 0 Å². The average Bonchev–Trinajstić information content (AvgIpc) is 3.00. The van der Waals surface area contributed by atoms with Crippen LogP contribution in [0.2, 0.25) is 0 Å². The first-order chi connectivity index (χ1) is 8.33. The lowest BCUT2D eigenvalue weighted by Crippen LogP contribution is -2.19. The van der Waals surface area contributed by atoms with E-state index in [-0.39, 0.29) is 0 Å². The van der Waals surface area contributed by atoms with Crippen molar-refractivity contribution in [1.29, 1.82) is 0 Å². The Morgan fingerprint density at radius 2 is 1.94 bits per heavy atom. The van der Waals surface area contributed by atoms with Gasteiger partial charge in [0.25, 0.3) is 0 Å². The second-order valence-electron chi connectivity index (χ2n) is 3.87. The third-order valence-corrected chi connectivity index (χ3v) is 2.62. The van der Waals surface area contributed by atoms with Crippen molar-refractivity contribution in [2.24, 2.45) is 4.99 Å². The highest BCUT2D eigenvalue weighted by molar-refractivity contribution is 5.99. The van der Waals surface area contributed by atoms with E-state index >= 15 is 0 Å². The first-order valence-electron chi connectivity index (χ1n) is 5.52. The summed E-state index contributed by atoms with van der Waals surface area (Å²) in [7, 11) is 0. The normalized spacial score (nSPS) is 14.5. The molecule has 0 aliphatic carbocycles. The maximum absolute atomic E-state index is 4.95. The molecule has 1 aromatic carbocycles. The number of nitrogens with one attached hydrogen (secondary N) is 1. The highest BCUT2D eigenvalue weighted by Gasteiger charge is 2.09. The topological polar surface area (TPSA) is 63.3 Å². The van der Waals surface area contributed by atoms with Crippen molar-refractivity contribution >= 4 is 5.84 Å². The Morgan fingerprint density at radius 1 is 1.18 bits per heavy atom. The summed E-state index contributed by atoms with van der Waals surface area (Å²) in [6, 6.07) is 7.97. The Labute approximate surface area is 98.6 Å². The molecule has 17 heavy (non-hydrogen) atoms. The summed E-state index contributed by atoms with van der Waals surface area (Å²) in [5.41, 5.74) is 2.04. The van der Waals surface area contributed by atoms with Gasteiger partial charge in [0.1, 0.15) is 5.84 Å². The van der Waals surface area contributed by atoms with E-state index in [0.717, 1.165) is 30.1 Å². The van der Waals surface area contributed by atoms with E-state index in [4.69, 9.17) is 4.52 Å². The molecular weight excluding hydrogens is 216 g/mol. The largest absolute Gasteiger partial charge is 0.368 e. The van der Waals surface area contributed by atoms with Crippen molar-refractivity contribution in [3.8, 4) is 11.4 Å². The fourth-order valence-corrected chi connectivity index (χ4v) is 1.78. The van der Waals surface area contributed by atoms with Crippen LogP contribution in [0.5, 0.6) is 0 Å². The Bertz CT molecular complexity index is 556. The molecule has 2 heterocycles. The molecule has 0 bridgehead atoms. The summed E-state index contributed by atoms with van der Waals surface area (Å²) in [6.07, 6.45) is 0. The molecular formula is C12H12N4O. The van der Waals surface area contributed by atoms with Gasteiger partial charge in [-0.05, 0) is 0 Å². The van der Waals surface area contributed by atoms with Crippen LogP contribution in [-0.4, -0.2) is 29.1 Å². The molecule has 1 aliphatic heterocycles. The van der Waals surface area contributed by atoms with Crippen LogP contribution in [0.15, 0.2) is 33.8 Å². The Kier molecular flexibility index (Phi) is 2.36. The molecule has 0 saturated carbocycles. The number of aliphatic imine (C=N–C) groups is 1. The standard InChI is InChI=1S/C12H12N4O/c1-8-15-12(16-17-8)10-4-2-9(3-5-10)11-13-6-7-14-11/h2-5H,6-7H2,1H3,(H,13,14). The number of amidine groups is 1. The molecule has 0 atom stereocenters. The Hall–Kier alpha value is -2.17. The molecule has 3 rings (SSSR count). The highest BCUT2D eigenvalue weighted by Crippen LogP contribution is 2.16. The van der Waals surface area contributed by atoms with Crippen LogP contribution in [0.3, 0.4) is 0 Å². The lowest BCUT2D eigenvalue weighted by atomic mass is 10.1. The van der Waals surface area contributed by atoms with Crippen LogP contribution < -0.4 is 5.32 Å². The minimum Gasteiger partial charge on any atom is -0.368 e. The van der Waals surface area contributed by atoms with Crippen LogP contribution in [0.4, 0.5) is 0 Å². The number of rotatable bonds is 2. The molecule has 1 aliphatic rings. The van der Waals surface area contributed by atoms with Gasteiger partial charge >= 0.3 is 0 Å². The summed E-state index contributed by atoms with van der Waals surface area (Å²) < 4.78 is 4.95. The first kappa shape index (κ1) is 10.0. The van der Waals surface area contributed by atoms with Gasteiger partial charge in [-0.15, -0.1) is 0 Å². The minimum absolute atomic E-state index is 0.575. The van der Waals surface area contributed by atoms with Gasteiger partial charge < -0.3 is 9.84 Å². The lowest BCUT2D eigenvalue weighted by Gasteiger charge is -2.02. The number of hydrogen-bond acceptors (Lipinski definition) is 5. The summed E-state index contributed by atoms with van der Waals surface area (Å²) >= 11 is 0. The molecule has 0 amide bonds. The smallest absolute Gasteiger partial charge is 0.223 e. The van der Waals surface area contributed by atoms with E-state index in [1.54, 1.807) is 6.92 Å².